The Morgan fingerprint density at radius 1 is 1.21 bits per heavy atom. The lowest BCUT2D eigenvalue weighted by Gasteiger charge is -2.19. The van der Waals surface area contributed by atoms with Gasteiger partial charge in [0.05, 0.1) is 41.5 Å². The molecule has 1 amide bonds. The fourth-order valence-electron chi connectivity index (χ4n) is 3.95. The number of amides is 1. The van der Waals surface area contributed by atoms with E-state index in [-0.39, 0.29) is 45.4 Å². The van der Waals surface area contributed by atoms with Gasteiger partial charge in [-0.05, 0) is 52.9 Å². The summed E-state index contributed by atoms with van der Waals surface area (Å²) in [5, 5.41) is 28.9. The van der Waals surface area contributed by atoms with Crippen LogP contribution in [0.1, 0.15) is 6.92 Å². The highest BCUT2D eigenvalue weighted by Gasteiger charge is 2.24. The number of halogens is 3. The first-order chi connectivity index (χ1) is 18.0. The van der Waals surface area contributed by atoms with Gasteiger partial charge in [-0.1, -0.05) is 23.7 Å². The van der Waals surface area contributed by atoms with Gasteiger partial charge >= 0.3 is 0 Å². The van der Waals surface area contributed by atoms with Crippen LogP contribution in [0.15, 0.2) is 52.1 Å². The van der Waals surface area contributed by atoms with Gasteiger partial charge in [0.25, 0.3) is 11.1 Å². The number of nitrogens with one attached hydrogen (secondary N) is 2. The molecule has 1 unspecified atom stereocenters. The minimum atomic E-state index is -1.32. The van der Waals surface area contributed by atoms with E-state index in [9.17, 15) is 29.0 Å². The molecule has 4 rings (SSSR count). The average Bonchev–Trinajstić information content (AvgIpc) is 2.87. The summed E-state index contributed by atoms with van der Waals surface area (Å²) >= 11 is 8.37. The maximum absolute atomic E-state index is 14.8. The number of rotatable bonds is 7. The van der Waals surface area contributed by atoms with E-state index >= 15 is 0 Å². The molecule has 13 heteroatoms. The Labute approximate surface area is 233 Å². The molecule has 0 spiro atoms. The summed E-state index contributed by atoms with van der Waals surface area (Å²) in [6.45, 7) is 0.345. The van der Waals surface area contributed by atoms with Crippen molar-refractivity contribution < 1.29 is 19.4 Å². The second-order valence-corrected chi connectivity index (χ2v) is 10.1. The number of hydrogen-bond acceptors (Lipinski definition) is 7. The van der Waals surface area contributed by atoms with Crippen molar-refractivity contribution in [1.29, 1.82) is 0 Å². The number of aryl methyl sites for hydroxylation is 1. The maximum atomic E-state index is 14.8. The zero-order valence-electron chi connectivity index (χ0n) is 20.1. The maximum Gasteiger partial charge on any atom is 0.278 e. The molecule has 4 aromatic rings. The second-order valence-electron chi connectivity index (χ2n) is 8.46. The van der Waals surface area contributed by atoms with Gasteiger partial charge in [-0.2, -0.15) is 5.10 Å². The monoisotopic (exact) mass is 653 g/mol. The minimum Gasteiger partial charge on any atom is -0.394 e. The van der Waals surface area contributed by atoms with Crippen molar-refractivity contribution in [3.63, 3.8) is 0 Å². The van der Waals surface area contributed by atoms with Crippen LogP contribution in [0.4, 0.5) is 21.5 Å². The predicted octanol–water partition coefficient (Wildman–Crippen LogP) is 3.21. The van der Waals surface area contributed by atoms with Crippen molar-refractivity contribution in [2.45, 2.75) is 19.6 Å². The third-order valence-electron chi connectivity index (χ3n) is 5.67. The first-order valence-electron chi connectivity index (χ1n) is 11.2. The molecule has 198 valence electrons. The Kier molecular flexibility index (Phi) is 8.16. The smallest absolute Gasteiger partial charge is 0.278 e. The number of aliphatic hydroxyl groups is 2. The van der Waals surface area contributed by atoms with E-state index in [1.165, 1.54) is 26.1 Å². The summed E-state index contributed by atoms with van der Waals surface area (Å²) in [6, 6.07) is 10.9. The molecule has 0 radical (unpaired) electrons. The summed E-state index contributed by atoms with van der Waals surface area (Å²) in [6.07, 6.45) is -1.32. The van der Waals surface area contributed by atoms with Crippen molar-refractivity contribution >= 4 is 68.1 Å². The van der Waals surface area contributed by atoms with E-state index in [1.807, 2.05) is 22.6 Å². The Hall–Kier alpha value is -3.33. The number of pyridine rings is 1. The van der Waals surface area contributed by atoms with Crippen LogP contribution in [-0.4, -0.2) is 43.2 Å². The fourth-order valence-corrected chi connectivity index (χ4v) is 4.67. The van der Waals surface area contributed by atoms with Crippen LogP contribution in [0, 0.1) is 9.39 Å². The third kappa shape index (κ3) is 5.43. The zero-order valence-corrected chi connectivity index (χ0v) is 23.0. The summed E-state index contributed by atoms with van der Waals surface area (Å²) in [5.74, 6) is -0.934. The highest BCUT2D eigenvalue weighted by Crippen LogP contribution is 2.34. The molecular formula is C25H22ClFIN5O5. The molecule has 10 nitrogen and oxygen atoms in total. The average molecular weight is 654 g/mol. The van der Waals surface area contributed by atoms with Crippen LogP contribution in [-0.2, 0) is 18.4 Å². The molecule has 1 atom stereocenters. The lowest BCUT2D eigenvalue weighted by molar-refractivity contribution is -0.114. The van der Waals surface area contributed by atoms with Crippen molar-refractivity contribution in [2.24, 2.45) is 7.05 Å². The molecule has 0 aliphatic carbocycles. The second kappa shape index (κ2) is 11.2. The van der Waals surface area contributed by atoms with Gasteiger partial charge < -0.3 is 25.4 Å². The Morgan fingerprint density at radius 3 is 2.61 bits per heavy atom. The van der Waals surface area contributed by atoms with Crippen LogP contribution >= 0.6 is 34.2 Å². The van der Waals surface area contributed by atoms with Gasteiger partial charge in [-0.15, -0.1) is 0 Å². The van der Waals surface area contributed by atoms with Crippen molar-refractivity contribution in [3.05, 3.63) is 77.6 Å². The van der Waals surface area contributed by atoms with Gasteiger partial charge in [0.2, 0.25) is 5.91 Å². The topological polar surface area (TPSA) is 138 Å². The largest absolute Gasteiger partial charge is 0.394 e. The molecule has 0 saturated heterocycles. The first-order valence-corrected chi connectivity index (χ1v) is 12.7. The van der Waals surface area contributed by atoms with Crippen molar-refractivity contribution in [1.82, 2.24) is 14.3 Å². The van der Waals surface area contributed by atoms with E-state index in [0.29, 0.717) is 14.8 Å². The van der Waals surface area contributed by atoms with E-state index < -0.39 is 29.6 Å². The number of aliphatic hydroxyl groups excluding tert-OH is 2. The number of aromatic nitrogens is 3. The summed E-state index contributed by atoms with van der Waals surface area (Å²) in [7, 11) is 1.42. The molecule has 0 bridgehead atoms. The molecule has 2 heterocycles. The quantitative estimate of drug-likeness (QED) is 0.225. The predicted molar refractivity (Wildman–Crippen MR) is 151 cm³/mol. The van der Waals surface area contributed by atoms with Crippen LogP contribution < -0.4 is 21.8 Å². The highest BCUT2D eigenvalue weighted by molar-refractivity contribution is 14.1. The van der Waals surface area contributed by atoms with Gasteiger partial charge in [0.1, 0.15) is 16.5 Å². The summed E-state index contributed by atoms with van der Waals surface area (Å²) in [5.41, 5.74) is -0.445. The first kappa shape index (κ1) is 27.7. The molecule has 2 aromatic carbocycles. The Bertz CT molecular complexity index is 1690. The van der Waals surface area contributed by atoms with Gasteiger partial charge in [-0.25, -0.2) is 9.07 Å². The van der Waals surface area contributed by atoms with Gasteiger partial charge in [-0.3, -0.25) is 14.4 Å². The molecule has 2 aromatic heterocycles. The van der Waals surface area contributed by atoms with Crippen LogP contribution in [0.3, 0.4) is 0 Å². The molecule has 0 fully saturated rings. The number of carbonyl (C=O) groups excluding carboxylic acids is 1. The molecule has 0 aliphatic heterocycles. The number of nitrogens with zero attached hydrogens (tertiary/aromatic N) is 3. The number of carbonyl (C=O) groups is 1. The van der Waals surface area contributed by atoms with E-state index in [2.05, 4.69) is 15.7 Å². The van der Waals surface area contributed by atoms with Gasteiger partial charge in [0.15, 0.2) is 0 Å². The van der Waals surface area contributed by atoms with Crippen molar-refractivity contribution in [2.75, 3.05) is 17.2 Å². The zero-order chi connectivity index (χ0) is 27.7. The Balaban J connectivity index is 2.10. The normalized spacial score (nSPS) is 12.0. The number of hydrogen-bond donors (Lipinski definition) is 4. The standard InChI is InChI=1S/C25H22ClFIN5O5/c1-12(35)29-15-5-3-4-13(8-15)21-23-19(24(37)33(31-21)10-16(36)11-34)22(20(26)25(38)32(23)2)30-18-7-6-14(28)9-17(18)27/h3-9,16,30,34,36H,10-11H2,1-2H3,(H,29,35). The van der Waals surface area contributed by atoms with E-state index in [0.717, 1.165) is 9.25 Å². The molecule has 0 saturated carbocycles. The van der Waals surface area contributed by atoms with Crippen LogP contribution in [0.25, 0.3) is 22.2 Å². The third-order valence-corrected chi connectivity index (χ3v) is 6.69. The number of benzene rings is 2. The highest BCUT2D eigenvalue weighted by atomic mass is 127. The van der Waals surface area contributed by atoms with Crippen molar-refractivity contribution in [3.8, 4) is 11.3 Å². The minimum absolute atomic E-state index is 0.0192. The number of fused-ring (bicyclic) bond motifs is 1. The van der Waals surface area contributed by atoms with E-state index in [4.69, 9.17) is 11.6 Å². The molecule has 38 heavy (non-hydrogen) atoms. The SMILES string of the molecule is CC(=O)Nc1cccc(-c2nn(CC(O)CO)c(=O)c3c(Nc4ccc(I)cc4F)c(Cl)c(=O)n(C)c23)c1. The lowest BCUT2D eigenvalue weighted by atomic mass is 10.1. The van der Waals surface area contributed by atoms with Gasteiger partial charge in [0, 0.05) is 28.8 Å². The van der Waals surface area contributed by atoms with Crippen LogP contribution in [0.5, 0.6) is 0 Å². The molecule has 4 N–H and O–H groups in total. The van der Waals surface area contributed by atoms with Crippen LogP contribution in [0.2, 0.25) is 5.02 Å². The number of anilines is 3. The summed E-state index contributed by atoms with van der Waals surface area (Å²) in [4.78, 5) is 38.5. The Morgan fingerprint density at radius 2 is 1.95 bits per heavy atom. The lowest BCUT2D eigenvalue weighted by Crippen LogP contribution is -2.33. The molecular weight excluding hydrogens is 632 g/mol. The summed E-state index contributed by atoms with van der Waals surface area (Å²) < 4.78 is 17.5. The fraction of sp³-hybridized carbons (Fsp3) is 0.200. The van der Waals surface area contributed by atoms with E-state index in [1.54, 1.807) is 30.3 Å². The molecule has 0 aliphatic rings.